The molecule has 0 aliphatic carbocycles. The van der Waals surface area contributed by atoms with Crippen molar-refractivity contribution < 1.29 is 9.18 Å². The fraction of sp³-hybridized carbons (Fsp3) is 0.133. The van der Waals surface area contributed by atoms with E-state index >= 15 is 0 Å². The highest BCUT2D eigenvalue weighted by molar-refractivity contribution is 9.10. The number of nitrogens with one attached hydrogen (secondary N) is 1. The molecular weight excluding hydrogens is 323 g/mol. The monoisotopic (exact) mass is 336 g/mol. The van der Waals surface area contributed by atoms with Crippen molar-refractivity contribution in [2.45, 2.75) is 6.54 Å². The molecule has 0 aliphatic heterocycles. The molecule has 2 rings (SSSR count). The third-order valence-electron chi connectivity index (χ3n) is 2.78. The van der Waals surface area contributed by atoms with Crippen LogP contribution in [-0.2, 0) is 6.54 Å². The van der Waals surface area contributed by atoms with Gasteiger partial charge in [0.1, 0.15) is 5.82 Å². The van der Waals surface area contributed by atoms with E-state index in [0.29, 0.717) is 12.2 Å². The van der Waals surface area contributed by atoms with Crippen LogP contribution in [0.3, 0.4) is 0 Å². The van der Waals surface area contributed by atoms with Crippen LogP contribution in [0, 0.1) is 5.82 Å². The summed E-state index contributed by atoms with van der Waals surface area (Å²) in [5.74, 6) is -0.328. The van der Waals surface area contributed by atoms with E-state index in [0.717, 1.165) is 10.0 Å². The van der Waals surface area contributed by atoms with Crippen LogP contribution >= 0.6 is 15.9 Å². The van der Waals surface area contributed by atoms with Crippen molar-refractivity contribution in [2.75, 3.05) is 12.4 Å². The van der Waals surface area contributed by atoms with Gasteiger partial charge in [-0.2, -0.15) is 0 Å². The van der Waals surface area contributed by atoms with E-state index in [1.807, 2.05) is 24.3 Å². The van der Waals surface area contributed by atoms with E-state index in [2.05, 4.69) is 21.2 Å². The van der Waals surface area contributed by atoms with Crippen LogP contribution in [0.2, 0.25) is 0 Å². The lowest BCUT2D eigenvalue weighted by molar-refractivity contribution is 0.220. The summed E-state index contributed by atoms with van der Waals surface area (Å²) in [6.07, 6.45) is 0. The lowest BCUT2D eigenvalue weighted by Crippen LogP contribution is -2.30. The fourth-order valence-corrected chi connectivity index (χ4v) is 1.95. The number of halogens is 2. The van der Waals surface area contributed by atoms with Gasteiger partial charge in [-0.05, 0) is 42.0 Å². The first-order valence-electron chi connectivity index (χ1n) is 6.07. The number of hydrogen-bond acceptors (Lipinski definition) is 1. The molecule has 0 unspecified atom stereocenters. The van der Waals surface area contributed by atoms with E-state index in [4.69, 9.17) is 0 Å². The van der Waals surface area contributed by atoms with E-state index in [9.17, 15) is 9.18 Å². The lowest BCUT2D eigenvalue weighted by Gasteiger charge is -2.18. The second-order valence-electron chi connectivity index (χ2n) is 4.42. The normalized spacial score (nSPS) is 10.2. The fourth-order valence-electron chi connectivity index (χ4n) is 1.69. The van der Waals surface area contributed by atoms with Gasteiger partial charge in [-0.3, -0.25) is 0 Å². The average Bonchev–Trinajstić information content (AvgIpc) is 2.44. The molecule has 0 saturated heterocycles. The smallest absolute Gasteiger partial charge is 0.321 e. The van der Waals surface area contributed by atoms with Crippen molar-refractivity contribution in [3.8, 4) is 0 Å². The van der Waals surface area contributed by atoms with E-state index in [1.165, 1.54) is 24.3 Å². The largest absolute Gasteiger partial charge is 0.323 e. The molecule has 104 valence electrons. The minimum absolute atomic E-state index is 0.237. The molecule has 0 heterocycles. The van der Waals surface area contributed by atoms with Gasteiger partial charge in [0.05, 0.1) is 0 Å². The maximum absolute atomic E-state index is 12.8. The topological polar surface area (TPSA) is 32.3 Å². The minimum Gasteiger partial charge on any atom is -0.323 e. The van der Waals surface area contributed by atoms with Gasteiger partial charge in [-0.15, -0.1) is 0 Å². The highest BCUT2D eigenvalue weighted by Gasteiger charge is 2.09. The second kappa shape index (κ2) is 6.52. The molecule has 0 bridgehead atoms. The second-order valence-corrected chi connectivity index (χ2v) is 5.34. The maximum atomic E-state index is 12.8. The number of carbonyl (C=O) groups excluding carboxylic acids is 1. The third kappa shape index (κ3) is 4.06. The third-order valence-corrected chi connectivity index (χ3v) is 3.30. The van der Waals surface area contributed by atoms with Gasteiger partial charge in [0.2, 0.25) is 0 Å². The predicted molar refractivity (Wildman–Crippen MR) is 81.0 cm³/mol. The van der Waals surface area contributed by atoms with Crippen molar-refractivity contribution in [3.05, 3.63) is 64.4 Å². The summed E-state index contributed by atoms with van der Waals surface area (Å²) in [5, 5.41) is 2.71. The van der Waals surface area contributed by atoms with E-state index in [1.54, 1.807) is 11.9 Å². The molecule has 0 aromatic heterocycles. The number of carbonyl (C=O) groups is 1. The molecule has 0 spiro atoms. The predicted octanol–water partition coefficient (Wildman–Crippen LogP) is 4.25. The summed E-state index contributed by atoms with van der Waals surface area (Å²) in [6.45, 7) is 0.500. The molecular formula is C15H14BrFN2O. The number of hydrogen-bond donors (Lipinski definition) is 1. The van der Waals surface area contributed by atoms with Crippen molar-refractivity contribution in [2.24, 2.45) is 0 Å². The highest BCUT2D eigenvalue weighted by Crippen LogP contribution is 2.13. The lowest BCUT2D eigenvalue weighted by atomic mass is 10.2. The Morgan fingerprint density at radius 1 is 1.15 bits per heavy atom. The molecule has 2 aromatic carbocycles. The van der Waals surface area contributed by atoms with Crippen molar-refractivity contribution in [1.82, 2.24) is 4.90 Å². The Bertz CT molecular complexity index is 584. The SMILES string of the molecule is CN(Cc1ccc(Br)cc1)C(=O)Nc1ccc(F)cc1. The van der Waals surface area contributed by atoms with Crippen molar-refractivity contribution in [1.29, 1.82) is 0 Å². The standard InChI is InChI=1S/C15H14BrFN2O/c1-19(10-11-2-4-12(16)5-3-11)15(20)18-14-8-6-13(17)7-9-14/h2-9H,10H2,1H3,(H,18,20). The first kappa shape index (κ1) is 14.5. The molecule has 0 radical (unpaired) electrons. The van der Waals surface area contributed by atoms with Gasteiger partial charge >= 0.3 is 6.03 Å². The molecule has 2 amide bonds. The quantitative estimate of drug-likeness (QED) is 0.892. The van der Waals surface area contributed by atoms with Crippen LogP contribution in [0.4, 0.5) is 14.9 Å². The Kier molecular flexibility index (Phi) is 4.74. The van der Waals surface area contributed by atoms with Gasteiger partial charge in [-0.25, -0.2) is 9.18 Å². The molecule has 5 heteroatoms. The Morgan fingerprint density at radius 3 is 2.35 bits per heavy atom. The van der Waals surface area contributed by atoms with Gasteiger partial charge in [0.15, 0.2) is 0 Å². The van der Waals surface area contributed by atoms with Crippen LogP contribution in [0.15, 0.2) is 53.0 Å². The van der Waals surface area contributed by atoms with Gasteiger partial charge in [0.25, 0.3) is 0 Å². The van der Waals surface area contributed by atoms with Crippen molar-refractivity contribution >= 4 is 27.6 Å². The Hall–Kier alpha value is -1.88. The number of urea groups is 1. The van der Waals surface area contributed by atoms with Crippen LogP contribution < -0.4 is 5.32 Å². The molecule has 3 nitrogen and oxygen atoms in total. The summed E-state index contributed by atoms with van der Waals surface area (Å²) in [6, 6.07) is 13.2. The van der Waals surface area contributed by atoms with Gasteiger partial charge < -0.3 is 10.2 Å². The molecule has 2 aromatic rings. The zero-order chi connectivity index (χ0) is 14.5. The van der Waals surface area contributed by atoms with Crippen LogP contribution in [0.25, 0.3) is 0 Å². The number of benzene rings is 2. The summed E-state index contributed by atoms with van der Waals surface area (Å²) < 4.78 is 13.8. The maximum Gasteiger partial charge on any atom is 0.321 e. The van der Waals surface area contributed by atoms with E-state index in [-0.39, 0.29) is 11.8 Å². The summed E-state index contributed by atoms with van der Waals surface area (Å²) >= 11 is 3.37. The number of amides is 2. The first-order chi connectivity index (χ1) is 9.54. The zero-order valence-corrected chi connectivity index (χ0v) is 12.5. The van der Waals surface area contributed by atoms with Crippen LogP contribution in [-0.4, -0.2) is 18.0 Å². The molecule has 0 fully saturated rings. The van der Waals surface area contributed by atoms with Crippen LogP contribution in [0.5, 0.6) is 0 Å². The van der Waals surface area contributed by atoms with Gasteiger partial charge in [-0.1, -0.05) is 28.1 Å². The number of anilines is 1. The summed E-state index contributed by atoms with van der Waals surface area (Å²) in [5.41, 5.74) is 1.60. The molecule has 0 saturated carbocycles. The van der Waals surface area contributed by atoms with Gasteiger partial charge in [0, 0.05) is 23.8 Å². The van der Waals surface area contributed by atoms with E-state index < -0.39 is 0 Å². The summed E-state index contributed by atoms with van der Waals surface area (Å²) in [7, 11) is 1.71. The molecule has 1 N–H and O–H groups in total. The zero-order valence-electron chi connectivity index (χ0n) is 10.9. The summed E-state index contributed by atoms with van der Waals surface area (Å²) in [4.78, 5) is 13.5. The Labute approximate surface area is 125 Å². The molecule has 0 atom stereocenters. The Morgan fingerprint density at radius 2 is 1.75 bits per heavy atom. The number of nitrogens with zero attached hydrogens (tertiary/aromatic N) is 1. The minimum atomic E-state index is -0.328. The van der Waals surface area contributed by atoms with Crippen molar-refractivity contribution in [3.63, 3.8) is 0 Å². The first-order valence-corrected chi connectivity index (χ1v) is 6.86. The Balaban J connectivity index is 1.94. The number of rotatable bonds is 3. The highest BCUT2D eigenvalue weighted by atomic mass is 79.9. The van der Waals surface area contributed by atoms with Crippen LogP contribution in [0.1, 0.15) is 5.56 Å². The molecule has 20 heavy (non-hydrogen) atoms. The average molecular weight is 337 g/mol. The molecule has 0 aliphatic rings.